The highest BCUT2D eigenvalue weighted by atomic mass is 16.7. The predicted molar refractivity (Wildman–Crippen MR) is 53.9 cm³/mol. The van der Waals surface area contributed by atoms with Crippen molar-refractivity contribution in [1.29, 1.82) is 0 Å². The van der Waals surface area contributed by atoms with E-state index in [9.17, 15) is 0 Å². The lowest BCUT2D eigenvalue weighted by Crippen LogP contribution is -2.35. The molecule has 0 bridgehead atoms. The highest BCUT2D eigenvalue weighted by Gasteiger charge is 2.25. The summed E-state index contributed by atoms with van der Waals surface area (Å²) in [5.74, 6) is 0.841. The van der Waals surface area contributed by atoms with Gasteiger partial charge in [-0.05, 0) is 25.0 Å². The first-order valence-corrected chi connectivity index (χ1v) is 5.00. The molecule has 1 aromatic carbocycles. The Morgan fingerprint density at radius 2 is 2.14 bits per heavy atom. The van der Waals surface area contributed by atoms with E-state index in [1.165, 1.54) is 0 Å². The third-order valence-electron chi connectivity index (χ3n) is 2.50. The van der Waals surface area contributed by atoms with E-state index >= 15 is 0 Å². The Labute approximate surface area is 83.9 Å². The van der Waals surface area contributed by atoms with Crippen LogP contribution in [-0.4, -0.2) is 29.4 Å². The fourth-order valence-corrected chi connectivity index (χ4v) is 1.73. The number of aliphatic hydroxyl groups is 1. The number of hydrogen-bond acceptors (Lipinski definition) is 3. The van der Waals surface area contributed by atoms with Crippen molar-refractivity contribution in [3.8, 4) is 5.75 Å². The molecule has 0 saturated carbocycles. The molecule has 1 aromatic rings. The molecule has 0 amide bonds. The zero-order valence-corrected chi connectivity index (χ0v) is 8.10. The van der Waals surface area contributed by atoms with Crippen LogP contribution in [0, 0.1) is 0 Å². The van der Waals surface area contributed by atoms with Crippen molar-refractivity contribution in [3.05, 3.63) is 30.3 Å². The monoisotopic (exact) mass is 193 g/mol. The van der Waals surface area contributed by atoms with Crippen LogP contribution < -0.4 is 4.84 Å². The van der Waals surface area contributed by atoms with Gasteiger partial charge in [0.2, 0.25) is 0 Å². The summed E-state index contributed by atoms with van der Waals surface area (Å²) in [6, 6.07) is 9.86. The zero-order valence-electron chi connectivity index (χ0n) is 8.10. The first-order valence-electron chi connectivity index (χ1n) is 5.00. The average Bonchev–Trinajstić information content (AvgIpc) is 2.67. The highest BCUT2D eigenvalue weighted by Crippen LogP contribution is 2.19. The second kappa shape index (κ2) is 4.44. The van der Waals surface area contributed by atoms with Crippen LogP contribution in [0.1, 0.15) is 12.8 Å². The van der Waals surface area contributed by atoms with Crippen molar-refractivity contribution in [2.45, 2.75) is 18.9 Å². The van der Waals surface area contributed by atoms with Crippen molar-refractivity contribution >= 4 is 0 Å². The predicted octanol–water partition coefficient (Wildman–Crippen LogP) is 1.44. The van der Waals surface area contributed by atoms with Gasteiger partial charge in [-0.15, -0.1) is 5.06 Å². The number of aliphatic hydroxyl groups excluding tert-OH is 1. The topological polar surface area (TPSA) is 32.7 Å². The van der Waals surface area contributed by atoms with Gasteiger partial charge in [-0.2, -0.15) is 0 Å². The van der Waals surface area contributed by atoms with Gasteiger partial charge in [-0.3, -0.25) is 0 Å². The van der Waals surface area contributed by atoms with Gasteiger partial charge in [0.25, 0.3) is 0 Å². The molecule has 0 aromatic heterocycles. The third-order valence-corrected chi connectivity index (χ3v) is 2.50. The first-order chi connectivity index (χ1) is 6.90. The Kier molecular flexibility index (Phi) is 3.01. The smallest absolute Gasteiger partial charge is 0.147 e. The Bertz CT molecular complexity index is 276. The Morgan fingerprint density at radius 3 is 2.86 bits per heavy atom. The van der Waals surface area contributed by atoms with E-state index in [1.54, 1.807) is 0 Å². The van der Waals surface area contributed by atoms with Crippen LogP contribution >= 0.6 is 0 Å². The lowest BCUT2D eigenvalue weighted by molar-refractivity contribution is -0.0828. The largest absolute Gasteiger partial charge is 0.406 e. The van der Waals surface area contributed by atoms with E-state index in [1.807, 2.05) is 35.4 Å². The van der Waals surface area contributed by atoms with Crippen molar-refractivity contribution in [1.82, 2.24) is 5.06 Å². The van der Waals surface area contributed by atoms with Crippen LogP contribution in [0.15, 0.2) is 30.3 Å². The molecule has 3 heteroatoms. The van der Waals surface area contributed by atoms with E-state index < -0.39 is 0 Å². The van der Waals surface area contributed by atoms with Crippen molar-refractivity contribution in [2.75, 3.05) is 13.2 Å². The van der Waals surface area contributed by atoms with Gasteiger partial charge in [0, 0.05) is 6.54 Å². The highest BCUT2D eigenvalue weighted by molar-refractivity contribution is 5.20. The first kappa shape index (κ1) is 9.49. The van der Waals surface area contributed by atoms with E-state index in [-0.39, 0.29) is 12.6 Å². The Balaban J connectivity index is 1.97. The number of hydroxylamine groups is 2. The number of benzene rings is 1. The molecule has 1 saturated heterocycles. The van der Waals surface area contributed by atoms with Gasteiger partial charge in [0.1, 0.15) is 5.75 Å². The Morgan fingerprint density at radius 1 is 1.36 bits per heavy atom. The standard InChI is InChI=1S/C11H15NO2/c13-9-10-5-4-8-12(10)14-11-6-2-1-3-7-11/h1-3,6-7,10,13H,4-5,8-9H2. The van der Waals surface area contributed by atoms with E-state index in [4.69, 9.17) is 9.94 Å². The van der Waals surface area contributed by atoms with Crippen molar-refractivity contribution in [3.63, 3.8) is 0 Å². The van der Waals surface area contributed by atoms with E-state index in [0.717, 1.165) is 25.1 Å². The molecule has 1 N–H and O–H groups in total. The molecular weight excluding hydrogens is 178 g/mol. The minimum Gasteiger partial charge on any atom is -0.406 e. The Hall–Kier alpha value is -1.06. The molecule has 1 fully saturated rings. The second-order valence-electron chi connectivity index (χ2n) is 3.52. The van der Waals surface area contributed by atoms with Crippen LogP contribution in [-0.2, 0) is 0 Å². The molecule has 1 aliphatic rings. The van der Waals surface area contributed by atoms with Crippen LogP contribution in [0.5, 0.6) is 5.75 Å². The summed E-state index contributed by atoms with van der Waals surface area (Å²) in [7, 11) is 0. The van der Waals surface area contributed by atoms with Gasteiger partial charge >= 0.3 is 0 Å². The summed E-state index contributed by atoms with van der Waals surface area (Å²) in [4.78, 5) is 5.65. The molecule has 14 heavy (non-hydrogen) atoms. The number of rotatable bonds is 3. The molecular formula is C11H15NO2. The molecule has 76 valence electrons. The van der Waals surface area contributed by atoms with Crippen LogP contribution in [0.2, 0.25) is 0 Å². The lowest BCUT2D eigenvalue weighted by atomic mass is 10.2. The minimum absolute atomic E-state index is 0.162. The second-order valence-corrected chi connectivity index (χ2v) is 3.52. The summed E-state index contributed by atoms with van der Waals surface area (Å²) in [6.45, 7) is 1.08. The summed E-state index contributed by atoms with van der Waals surface area (Å²) < 4.78 is 0. The maximum absolute atomic E-state index is 9.09. The molecule has 2 rings (SSSR count). The summed E-state index contributed by atoms with van der Waals surface area (Å²) >= 11 is 0. The molecule has 1 aliphatic heterocycles. The van der Waals surface area contributed by atoms with Crippen molar-refractivity contribution < 1.29 is 9.94 Å². The molecule has 0 aliphatic carbocycles. The van der Waals surface area contributed by atoms with Gasteiger partial charge in [0.15, 0.2) is 0 Å². The van der Waals surface area contributed by atoms with Gasteiger partial charge in [-0.1, -0.05) is 18.2 Å². The number of para-hydroxylation sites is 1. The molecule has 1 heterocycles. The van der Waals surface area contributed by atoms with E-state index in [2.05, 4.69) is 0 Å². The molecule has 1 atom stereocenters. The van der Waals surface area contributed by atoms with Crippen LogP contribution in [0.25, 0.3) is 0 Å². The lowest BCUT2D eigenvalue weighted by Gasteiger charge is -2.22. The van der Waals surface area contributed by atoms with E-state index in [0.29, 0.717) is 0 Å². The summed E-state index contributed by atoms with van der Waals surface area (Å²) in [5, 5.41) is 11.0. The minimum atomic E-state index is 0.162. The average molecular weight is 193 g/mol. The summed E-state index contributed by atoms with van der Waals surface area (Å²) in [5.41, 5.74) is 0. The van der Waals surface area contributed by atoms with Gasteiger partial charge in [0.05, 0.1) is 12.6 Å². The molecule has 0 radical (unpaired) electrons. The molecule has 0 spiro atoms. The zero-order chi connectivity index (χ0) is 9.80. The third kappa shape index (κ3) is 2.05. The maximum atomic E-state index is 9.09. The molecule has 3 nitrogen and oxygen atoms in total. The van der Waals surface area contributed by atoms with Crippen LogP contribution in [0.3, 0.4) is 0 Å². The fourth-order valence-electron chi connectivity index (χ4n) is 1.73. The number of nitrogens with zero attached hydrogens (tertiary/aromatic N) is 1. The molecule has 1 unspecified atom stereocenters. The van der Waals surface area contributed by atoms with Gasteiger partial charge in [-0.25, -0.2) is 0 Å². The fraction of sp³-hybridized carbons (Fsp3) is 0.455. The maximum Gasteiger partial charge on any atom is 0.147 e. The normalized spacial score (nSPS) is 22.5. The van der Waals surface area contributed by atoms with Crippen molar-refractivity contribution in [2.24, 2.45) is 0 Å². The van der Waals surface area contributed by atoms with Gasteiger partial charge < -0.3 is 9.94 Å². The quantitative estimate of drug-likeness (QED) is 0.788. The van der Waals surface area contributed by atoms with Crippen LogP contribution in [0.4, 0.5) is 0 Å². The summed E-state index contributed by atoms with van der Waals surface area (Å²) in [6.07, 6.45) is 2.11. The number of hydrogen-bond donors (Lipinski definition) is 1. The SMILES string of the molecule is OCC1CCCN1Oc1ccccc1.